The molecule has 5 rings (SSSR count). The average molecular weight is 550 g/mol. The normalized spacial score (nSPS) is 20.2. The fourth-order valence-corrected chi connectivity index (χ4v) is 6.29. The molecule has 1 N–H and O–H groups in total. The molecule has 3 aliphatic rings. The standard InChI is InChI=1S/C30H32FN3O4S/c1-32-30(36)25-18-23(20-12-13-20)24(29(27(25)31)39(37)38)19-26(35)33-14-16-34(17-15-33)28(21-8-4-2-5-9-21)22-10-6-3-7-11-22/h2-11,18,20,27-28H,12-17,19H2,1H3,(H,32,36). The van der Waals surface area contributed by atoms with Gasteiger partial charge in [0.2, 0.25) is 22.1 Å². The molecule has 39 heavy (non-hydrogen) atoms. The van der Waals surface area contributed by atoms with Crippen molar-refractivity contribution >= 4 is 27.0 Å². The number of halogens is 1. The van der Waals surface area contributed by atoms with Crippen molar-refractivity contribution in [2.24, 2.45) is 5.92 Å². The van der Waals surface area contributed by atoms with Crippen molar-refractivity contribution in [1.82, 2.24) is 15.1 Å². The van der Waals surface area contributed by atoms with Crippen LogP contribution in [0.4, 0.5) is 4.39 Å². The zero-order valence-electron chi connectivity index (χ0n) is 21.8. The first kappa shape index (κ1) is 27.0. The van der Waals surface area contributed by atoms with Gasteiger partial charge in [-0.05, 0) is 47.1 Å². The van der Waals surface area contributed by atoms with Crippen LogP contribution in [0.15, 0.2) is 83.5 Å². The van der Waals surface area contributed by atoms with Crippen LogP contribution in [0.25, 0.3) is 0 Å². The van der Waals surface area contributed by atoms with Crippen molar-refractivity contribution in [1.29, 1.82) is 0 Å². The minimum atomic E-state index is -2.90. The Bertz CT molecular complexity index is 1390. The Balaban J connectivity index is 1.36. The van der Waals surface area contributed by atoms with Crippen LogP contribution in [-0.2, 0) is 19.9 Å². The smallest absolute Gasteiger partial charge is 0.250 e. The van der Waals surface area contributed by atoms with E-state index in [9.17, 15) is 18.0 Å². The number of hydrogen-bond acceptors (Lipinski definition) is 5. The Morgan fingerprint density at radius 2 is 1.51 bits per heavy atom. The first-order chi connectivity index (χ1) is 18.9. The number of benzene rings is 2. The quantitative estimate of drug-likeness (QED) is 0.537. The predicted molar refractivity (Wildman–Crippen MR) is 148 cm³/mol. The maximum atomic E-state index is 15.3. The number of nitrogens with zero attached hydrogens (tertiary/aromatic N) is 2. The third-order valence-electron chi connectivity index (χ3n) is 7.74. The molecule has 2 fully saturated rings. The number of allylic oxidation sites excluding steroid dienone is 2. The van der Waals surface area contributed by atoms with E-state index in [0.29, 0.717) is 31.8 Å². The third kappa shape index (κ3) is 5.74. The molecule has 2 amide bonds. The van der Waals surface area contributed by atoms with E-state index in [-0.39, 0.29) is 35.4 Å². The number of alkyl halides is 1. The second-order valence-corrected chi connectivity index (χ2v) is 11.1. The summed E-state index contributed by atoms with van der Waals surface area (Å²) in [5.41, 5.74) is 2.94. The molecule has 1 saturated carbocycles. The largest absolute Gasteiger partial charge is 0.355 e. The minimum Gasteiger partial charge on any atom is -0.355 e. The van der Waals surface area contributed by atoms with Crippen molar-refractivity contribution in [2.45, 2.75) is 31.5 Å². The lowest BCUT2D eigenvalue weighted by Crippen LogP contribution is -2.50. The number of likely N-dealkylation sites (N-methyl/N-ethyl adjacent to an activating group) is 1. The Labute approximate surface area is 229 Å². The van der Waals surface area contributed by atoms with Gasteiger partial charge in [-0.2, -0.15) is 8.42 Å². The maximum Gasteiger partial charge on any atom is 0.250 e. The van der Waals surface area contributed by atoms with Gasteiger partial charge in [0.25, 0.3) is 0 Å². The molecule has 7 nitrogen and oxygen atoms in total. The highest BCUT2D eigenvalue weighted by Crippen LogP contribution is 2.43. The van der Waals surface area contributed by atoms with Crippen LogP contribution >= 0.6 is 0 Å². The monoisotopic (exact) mass is 549 g/mol. The highest BCUT2D eigenvalue weighted by Gasteiger charge is 2.40. The lowest BCUT2D eigenvalue weighted by molar-refractivity contribution is -0.132. The molecule has 0 spiro atoms. The predicted octanol–water partition coefficient (Wildman–Crippen LogP) is 3.09. The summed E-state index contributed by atoms with van der Waals surface area (Å²) in [5.74, 6) is -0.852. The highest BCUT2D eigenvalue weighted by molar-refractivity contribution is 7.73. The Kier molecular flexibility index (Phi) is 8.09. The summed E-state index contributed by atoms with van der Waals surface area (Å²) >= 11 is 0. The summed E-state index contributed by atoms with van der Waals surface area (Å²) in [7, 11) is -1.52. The molecule has 0 bridgehead atoms. The fourth-order valence-electron chi connectivity index (χ4n) is 5.60. The first-order valence-electron chi connectivity index (χ1n) is 13.3. The Hall–Kier alpha value is -3.56. The summed E-state index contributed by atoms with van der Waals surface area (Å²) in [6, 6.07) is 20.6. The van der Waals surface area contributed by atoms with Gasteiger partial charge in [-0.1, -0.05) is 60.7 Å². The summed E-state index contributed by atoms with van der Waals surface area (Å²) in [6.45, 7) is 2.25. The third-order valence-corrected chi connectivity index (χ3v) is 8.55. The van der Waals surface area contributed by atoms with Crippen LogP contribution in [-0.4, -0.2) is 74.3 Å². The number of rotatable bonds is 7. The van der Waals surface area contributed by atoms with Gasteiger partial charge in [0.1, 0.15) is 4.86 Å². The average Bonchev–Trinajstić information content (AvgIpc) is 3.80. The van der Waals surface area contributed by atoms with E-state index in [2.05, 4.69) is 34.5 Å². The summed E-state index contributed by atoms with van der Waals surface area (Å²) in [4.78, 5) is 29.3. The second-order valence-electron chi connectivity index (χ2n) is 10.2. The molecule has 1 saturated heterocycles. The van der Waals surface area contributed by atoms with E-state index >= 15 is 4.39 Å². The first-order valence-corrected chi connectivity index (χ1v) is 14.4. The van der Waals surface area contributed by atoms with Crippen molar-refractivity contribution in [2.75, 3.05) is 33.2 Å². The van der Waals surface area contributed by atoms with E-state index in [1.807, 2.05) is 36.4 Å². The zero-order chi connectivity index (χ0) is 27.5. The Morgan fingerprint density at radius 3 is 2.00 bits per heavy atom. The van der Waals surface area contributed by atoms with Gasteiger partial charge in [0.15, 0.2) is 6.17 Å². The molecule has 0 radical (unpaired) electrons. The molecule has 0 aromatic heterocycles. The molecule has 2 aromatic carbocycles. The van der Waals surface area contributed by atoms with Gasteiger partial charge in [-0.15, -0.1) is 0 Å². The molecular formula is C30H32FN3O4S. The van der Waals surface area contributed by atoms with E-state index in [1.54, 1.807) is 4.90 Å². The van der Waals surface area contributed by atoms with Gasteiger partial charge in [-0.3, -0.25) is 14.5 Å². The van der Waals surface area contributed by atoms with Gasteiger partial charge < -0.3 is 10.2 Å². The van der Waals surface area contributed by atoms with E-state index in [0.717, 1.165) is 12.8 Å². The molecule has 9 heteroatoms. The van der Waals surface area contributed by atoms with E-state index in [4.69, 9.17) is 0 Å². The van der Waals surface area contributed by atoms with Gasteiger partial charge in [0.05, 0.1) is 18.0 Å². The number of carbonyl (C=O) groups is 2. The van der Waals surface area contributed by atoms with Crippen LogP contribution in [0.1, 0.15) is 36.4 Å². The molecule has 204 valence electrons. The van der Waals surface area contributed by atoms with Gasteiger partial charge >= 0.3 is 0 Å². The minimum absolute atomic E-state index is 0.0351. The number of amides is 2. The van der Waals surface area contributed by atoms with Crippen molar-refractivity contribution < 1.29 is 22.4 Å². The molecular weight excluding hydrogens is 517 g/mol. The van der Waals surface area contributed by atoms with Crippen molar-refractivity contribution in [3.8, 4) is 0 Å². The summed E-state index contributed by atoms with van der Waals surface area (Å²) in [5, 5.41) is 2.38. The van der Waals surface area contributed by atoms with E-state index < -0.39 is 27.2 Å². The number of hydrogen-bond donors (Lipinski definition) is 1. The molecule has 1 unspecified atom stereocenters. The SMILES string of the molecule is CNC(=O)C1=CC(C2CC2)=C(CC(=O)N2CCN(C(c3ccccc3)c3ccccc3)CC2)C(=S(=O)=O)C1F. The lowest BCUT2D eigenvalue weighted by atomic mass is 9.86. The highest BCUT2D eigenvalue weighted by atomic mass is 32.2. The molecule has 1 aliphatic heterocycles. The van der Waals surface area contributed by atoms with Crippen LogP contribution in [0, 0.1) is 5.92 Å². The molecule has 2 aliphatic carbocycles. The topological polar surface area (TPSA) is 86.8 Å². The molecule has 2 aromatic rings. The van der Waals surface area contributed by atoms with Gasteiger partial charge in [-0.25, -0.2) is 4.39 Å². The zero-order valence-corrected chi connectivity index (χ0v) is 22.7. The Morgan fingerprint density at radius 1 is 0.949 bits per heavy atom. The number of nitrogens with one attached hydrogen (secondary N) is 1. The van der Waals surface area contributed by atoms with E-state index in [1.165, 1.54) is 24.3 Å². The fraction of sp³-hybridized carbons (Fsp3) is 0.367. The number of carbonyl (C=O) groups excluding carboxylic acids is 2. The van der Waals surface area contributed by atoms with Crippen LogP contribution in [0.3, 0.4) is 0 Å². The second kappa shape index (κ2) is 11.7. The van der Waals surface area contributed by atoms with Gasteiger partial charge in [0, 0.05) is 33.2 Å². The molecule has 1 heterocycles. The van der Waals surface area contributed by atoms with Crippen LogP contribution in [0.5, 0.6) is 0 Å². The lowest BCUT2D eigenvalue weighted by Gasteiger charge is -2.40. The molecule has 1 atom stereocenters. The number of piperazine rings is 1. The van der Waals surface area contributed by atoms with Crippen LogP contribution in [0.2, 0.25) is 0 Å². The maximum absolute atomic E-state index is 15.3. The summed E-state index contributed by atoms with van der Waals surface area (Å²) < 4.78 is 39.7. The van der Waals surface area contributed by atoms with Crippen molar-refractivity contribution in [3.63, 3.8) is 0 Å². The van der Waals surface area contributed by atoms with Crippen molar-refractivity contribution in [3.05, 3.63) is 94.6 Å². The van der Waals surface area contributed by atoms with Crippen LogP contribution < -0.4 is 5.32 Å². The summed E-state index contributed by atoms with van der Waals surface area (Å²) in [6.07, 6.45) is 0.803.